The molecule has 0 amide bonds. The van der Waals surface area contributed by atoms with Crippen LogP contribution in [0, 0.1) is 0 Å². The van der Waals surface area contributed by atoms with Gasteiger partial charge in [-0.1, -0.05) is 30.0 Å². The van der Waals surface area contributed by atoms with Crippen molar-refractivity contribution in [2.24, 2.45) is 0 Å². The molecule has 0 saturated heterocycles. The van der Waals surface area contributed by atoms with Gasteiger partial charge in [-0.3, -0.25) is 4.98 Å². The van der Waals surface area contributed by atoms with Gasteiger partial charge in [0.15, 0.2) is 0 Å². The van der Waals surface area contributed by atoms with E-state index in [9.17, 15) is 0 Å². The Balaban J connectivity index is 1.84. The van der Waals surface area contributed by atoms with E-state index in [0.717, 1.165) is 31.8 Å². The van der Waals surface area contributed by atoms with E-state index >= 15 is 0 Å². The van der Waals surface area contributed by atoms with Gasteiger partial charge < -0.3 is 0 Å². The van der Waals surface area contributed by atoms with Crippen molar-refractivity contribution in [3.63, 3.8) is 0 Å². The number of fused-ring (bicyclic) bond motifs is 1. The minimum atomic E-state index is 0.800. The van der Waals surface area contributed by atoms with Gasteiger partial charge in [0.2, 0.25) is 0 Å². The SMILES string of the molecule is Brc1ccc(CSc2ncnc3ccccc23)nc1. The Morgan fingerprint density at radius 3 is 2.74 bits per heavy atom. The topological polar surface area (TPSA) is 38.7 Å². The molecule has 0 aliphatic heterocycles. The standard InChI is InChI=1S/C14H10BrN3S/c15-10-5-6-11(16-7-10)8-19-14-12-3-1-2-4-13(12)17-9-18-14/h1-7,9H,8H2. The van der Waals surface area contributed by atoms with Crippen molar-refractivity contribution in [2.75, 3.05) is 0 Å². The van der Waals surface area contributed by atoms with Crippen LogP contribution in [0.2, 0.25) is 0 Å². The number of hydrogen-bond donors (Lipinski definition) is 0. The zero-order valence-electron chi connectivity index (χ0n) is 9.95. The highest BCUT2D eigenvalue weighted by atomic mass is 79.9. The molecular formula is C14H10BrN3S. The van der Waals surface area contributed by atoms with E-state index < -0.39 is 0 Å². The summed E-state index contributed by atoms with van der Waals surface area (Å²) in [6, 6.07) is 12.1. The molecule has 19 heavy (non-hydrogen) atoms. The largest absolute Gasteiger partial charge is 0.259 e. The van der Waals surface area contributed by atoms with Crippen LogP contribution in [0.5, 0.6) is 0 Å². The number of para-hydroxylation sites is 1. The van der Waals surface area contributed by atoms with Gasteiger partial charge in [0.25, 0.3) is 0 Å². The Morgan fingerprint density at radius 1 is 1.00 bits per heavy atom. The molecule has 5 heteroatoms. The second-order valence-corrected chi connectivity index (χ2v) is 5.83. The van der Waals surface area contributed by atoms with Crippen molar-refractivity contribution >= 4 is 38.6 Å². The van der Waals surface area contributed by atoms with Crippen LogP contribution in [0.4, 0.5) is 0 Å². The average Bonchev–Trinajstić information content (AvgIpc) is 2.47. The van der Waals surface area contributed by atoms with Gasteiger partial charge in [-0.15, -0.1) is 0 Å². The Kier molecular flexibility index (Phi) is 3.75. The first-order valence-electron chi connectivity index (χ1n) is 5.76. The van der Waals surface area contributed by atoms with Crippen molar-refractivity contribution in [1.82, 2.24) is 15.0 Å². The fourth-order valence-electron chi connectivity index (χ4n) is 1.73. The third kappa shape index (κ3) is 2.93. The van der Waals surface area contributed by atoms with Crippen LogP contribution in [-0.4, -0.2) is 15.0 Å². The van der Waals surface area contributed by atoms with Crippen LogP contribution in [0.15, 0.2) is 58.4 Å². The molecule has 0 aliphatic rings. The molecule has 3 aromatic rings. The van der Waals surface area contributed by atoms with Crippen molar-refractivity contribution in [3.05, 3.63) is 59.1 Å². The lowest BCUT2D eigenvalue weighted by Gasteiger charge is -2.04. The average molecular weight is 332 g/mol. The Bertz CT molecular complexity index is 695. The van der Waals surface area contributed by atoms with Crippen molar-refractivity contribution in [2.45, 2.75) is 10.8 Å². The number of thioether (sulfide) groups is 1. The summed E-state index contributed by atoms with van der Waals surface area (Å²) in [5.41, 5.74) is 2.01. The molecule has 2 aromatic heterocycles. The highest BCUT2D eigenvalue weighted by Gasteiger charge is 2.04. The maximum absolute atomic E-state index is 4.36. The highest BCUT2D eigenvalue weighted by Crippen LogP contribution is 2.26. The smallest absolute Gasteiger partial charge is 0.117 e. The fourth-order valence-corrected chi connectivity index (χ4v) is 2.87. The Hall–Kier alpha value is -1.46. The maximum atomic E-state index is 4.36. The number of rotatable bonds is 3. The lowest BCUT2D eigenvalue weighted by atomic mass is 10.2. The number of aromatic nitrogens is 3. The van der Waals surface area contributed by atoms with Crippen LogP contribution in [-0.2, 0) is 5.75 Å². The number of benzene rings is 1. The number of hydrogen-bond acceptors (Lipinski definition) is 4. The van der Waals surface area contributed by atoms with Crippen molar-refractivity contribution in [3.8, 4) is 0 Å². The van der Waals surface area contributed by atoms with E-state index in [1.165, 1.54) is 0 Å². The quantitative estimate of drug-likeness (QED) is 0.535. The summed E-state index contributed by atoms with van der Waals surface area (Å²) in [5, 5.41) is 2.09. The minimum absolute atomic E-state index is 0.800. The molecule has 0 aliphatic carbocycles. The van der Waals surface area contributed by atoms with Gasteiger partial charge in [0.05, 0.1) is 11.2 Å². The van der Waals surface area contributed by atoms with Gasteiger partial charge in [-0.25, -0.2) is 9.97 Å². The molecule has 0 spiro atoms. The highest BCUT2D eigenvalue weighted by molar-refractivity contribution is 9.10. The molecule has 3 nitrogen and oxygen atoms in total. The van der Waals surface area contributed by atoms with E-state index in [1.807, 2.05) is 42.6 Å². The maximum Gasteiger partial charge on any atom is 0.117 e. The molecule has 0 unspecified atom stereocenters. The monoisotopic (exact) mass is 331 g/mol. The van der Waals surface area contributed by atoms with E-state index in [0.29, 0.717) is 0 Å². The summed E-state index contributed by atoms with van der Waals surface area (Å²) in [6.45, 7) is 0. The first-order chi connectivity index (χ1) is 9.33. The predicted octanol–water partition coefficient (Wildman–Crippen LogP) is 4.08. The van der Waals surface area contributed by atoms with E-state index in [1.54, 1.807) is 18.1 Å². The lowest BCUT2D eigenvalue weighted by Crippen LogP contribution is -1.89. The third-order valence-electron chi connectivity index (χ3n) is 2.65. The van der Waals surface area contributed by atoms with Crippen LogP contribution in [0.25, 0.3) is 10.9 Å². The van der Waals surface area contributed by atoms with Gasteiger partial charge in [-0.2, -0.15) is 0 Å². The molecular weight excluding hydrogens is 322 g/mol. The molecule has 0 bridgehead atoms. The van der Waals surface area contributed by atoms with E-state index in [-0.39, 0.29) is 0 Å². The second kappa shape index (κ2) is 5.67. The zero-order chi connectivity index (χ0) is 13.1. The van der Waals surface area contributed by atoms with Gasteiger partial charge >= 0.3 is 0 Å². The first-order valence-corrected chi connectivity index (χ1v) is 7.54. The summed E-state index contributed by atoms with van der Waals surface area (Å²) in [4.78, 5) is 13.0. The summed E-state index contributed by atoms with van der Waals surface area (Å²) >= 11 is 5.06. The Morgan fingerprint density at radius 2 is 1.89 bits per heavy atom. The number of nitrogens with zero attached hydrogens (tertiary/aromatic N) is 3. The molecule has 94 valence electrons. The summed E-state index contributed by atoms with van der Waals surface area (Å²) in [6.07, 6.45) is 3.42. The normalized spacial score (nSPS) is 10.8. The molecule has 0 radical (unpaired) electrons. The van der Waals surface area contributed by atoms with Crippen LogP contribution in [0.3, 0.4) is 0 Å². The summed E-state index contributed by atoms with van der Waals surface area (Å²) in [7, 11) is 0. The van der Waals surface area contributed by atoms with Crippen molar-refractivity contribution < 1.29 is 0 Å². The lowest BCUT2D eigenvalue weighted by molar-refractivity contribution is 1.09. The van der Waals surface area contributed by atoms with E-state index in [4.69, 9.17) is 0 Å². The van der Waals surface area contributed by atoms with Gasteiger partial charge in [0, 0.05) is 21.8 Å². The molecule has 1 aromatic carbocycles. The van der Waals surface area contributed by atoms with E-state index in [2.05, 4.69) is 30.9 Å². The number of halogens is 1. The molecule has 0 N–H and O–H groups in total. The first kappa shape index (κ1) is 12.6. The molecule has 0 fully saturated rings. The second-order valence-electron chi connectivity index (χ2n) is 3.95. The third-order valence-corrected chi connectivity index (χ3v) is 4.16. The summed E-state index contributed by atoms with van der Waals surface area (Å²) in [5.74, 6) is 0.800. The molecule has 0 atom stereocenters. The Labute approximate surface area is 123 Å². The zero-order valence-corrected chi connectivity index (χ0v) is 12.4. The predicted molar refractivity (Wildman–Crippen MR) is 81.0 cm³/mol. The fraction of sp³-hybridized carbons (Fsp3) is 0.0714. The number of pyridine rings is 1. The minimum Gasteiger partial charge on any atom is -0.259 e. The summed E-state index contributed by atoms with van der Waals surface area (Å²) < 4.78 is 0.994. The molecule has 0 saturated carbocycles. The van der Waals surface area contributed by atoms with Crippen LogP contribution >= 0.6 is 27.7 Å². The van der Waals surface area contributed by atoms with Crippen LogP contribution < -0.4 is 0 Å². The van der Waals surface area contributed by atoms with Gasteiger partial charge in [0.1, 0.15) is 11.4 Å². The molecule has 3 rings (SSSR count). The van der Waals surface area contributed by atoms with Gasteiger partial charge in [-0.05, 0) is 34.1 Å². The van der Waals surface area contributed by atoms with Crippen LogP contribution in [0.1, 0.15) is 5.69 Å². The molecule has 2 heterocycles. The van der Waals surface area contributed by atoms with Crippen molar-refractivity contribution in [1.29, 1.82) is 0 Å².